The second-order valence-corrected chi connectivity index (χ2v) is 12.4. The molecule has 8 rings (SSSR count). The van der Waals surface area contributed by atoms with Crippen LogP contribution in [0.5, 0.6) is 11.8 Å². The molecule has 6 heterocycles. The Hall–Kier alpha value is -5.70. The molecule has 4 aromatic heterocycles. The van der Waals surface area contributed by atoms with Crippen molar-refractivity contribution in [3.8, 4) is 28.7 Å². The van der Waals surface area contributed by atoms with Gasteiger partial charge in [0.1, 0.15) is 47.4 Å². The molecule has 15 heteroatoms. The van der Waals surface area contributed by atoms with E-state index in [4.69, 9.17) is 24.2 Å². The zero-order valence-electron chi connectivity index (χ0n) is 28.0. The van der Waals surface area contributed by atoms with Crippen molar-refractivity contribution in [3.05, 3.63) is 72.8 Å². The number of ether oxygens (including phenoxy) is 3. The first-order valence-corrected chi connectivity index (χ1v) is 16.4. The standard InChI is InChI=1S/C35H35FN10O4/c1-5-49-23-16-43(3)34(47)29-14-22(50-35-37-12-11-26(42-35)24-7-6-8-27-31(24)44(18-23)20(2)41-27)17-45(29)32-25-15-40-46(33(25)39-19-38-32)28-10-9-21(36)13-30(28)48-4/h6-13,15,19,22-23,29H,5,14,16-18H2,1-4H3/t22-,23-,29-/m0/s1. The number of halogens is 1. The number of benzene rings is 2. The molecular weight excluding hydrogens is 643 g/mol. The van der Waals surface area contributed by atoms with E-state index >= 15 is 0 Å². The van der Waals surface area contributed by atoms with Crippen LogP contribution in [0.2, 0.25) is 0 Å². The smallest absolute Gasteiger partial charge is 0.317 e. The van der Waals surface area contributed by atoms with E-state index in [0.717, 1.165) is 22.4 Å². The summed E-state index contributed by atoms with van der Waals surface area (Å²) in [5.74, 6) is 1.10. The number of imidazole rings is 1. The highest BCUT2D eigenvalue weighted by Gasteiger charge is 2.42. The monoisotopic (exact) mass is 678 g/mol. The molecule has 3 atom stereocenters. The molecule has 256 valence electrons. The van der Waals surface area contributed by atoms with Crippen LogP contribution in [0.4, 0.5) is 10.2 Å². The van der Waals surface area contributed by atoms with E-state index in [1.54, 1.807) is 35.1 Å². The lowest BCUT2D eigenvalue weighted by Crippen LogP contribution is -2.47. The minimum atomic E-state index is -0.638. The van der Waals surface area contributed by atoms with E-state index in [1.807, 2.05) is 43.0 Å². The van der Waals surface area contributed by atoms with Crippen molar-refractivity contribution in [2.45, 2.75) is 45.1 Å². The Kier molecular flexibility index (Phi) is 7.98. The fourth-order valence-electron chi connectivity index (χ4n) is 7.10. The largest absolute Gasteiger partial charge is 0.494 e. The first-order chi connectivity index (χ1) is 24.3. The molecule has 4 bridgehead atoms. The predicted octanol–water partition coefficient (Wildman–Crippen LogP) is 3.98. The number of nitrogens with zero attached hydrogens (tertiary/aromatic N) is 10. The number of rotatable bonds is 5. The van der Waals surface area contributed by atoms with Gasteiger partial charge in [0.15, 0.2) is 5.65 Å². The minimum absolute atomic E-state index is 0.113. The number of para-hydroxylation sites is 1. The summed E-state index contributed by atoms with van der Waals surface area (Å²) in [6.07, 6.45) is 4.35. The van der Waals surface area contributed by atoms with E-state index in [9.17, 15) is 9.18 Å². The second kappa shape index (κ2) is 12.6. The third-order valence-electron chi connectivity index (χ3n) is 9.32. The van der Waals surface area contributed by atoms with Crippen molar-refractivity contribution in [1.29, 1.82) is 0 Å². The van der Waals surface area contributed by atoms with Gasteiger partial charge in [0.2, 0.25) is 5.91 Å². The minimum Gasteiger partial charge on any atom is -0.494 e. The lowest BCUT2D eigenvalue weighted by Gasteiger charge is -2.31. The summed E-state index contributed by atoms with van der Waals surface area (Å²) in [6, 6.07) is 11.6. The van der Waals surface area contributed by atoms with Crippen LogP contribution in [0.3, 0.4) is 0 Å². The molecule has 2 aliphatic heterocycles. The highest BCUT2D eigenvalue weighted by molar-refractivity contribution is 5.93. The Bertz CT molecular complexity index is 2240. The number of amides is 1. The number of aryl methyl sites for hydroxylation is 1. The maximum atomic E-state index is 14.4. The molecule has 0 saturated carbocycles. The summed E-state index contributed by atoms with van der Waals surface area (Å²) < 4.78 is 35.9. The number of hydrogen-bond donors (Lipinski definition) is 0. The first kappa shape index (κ1) is 31.6. The molecule has 0 aliphatic carbocycles. The number of aromatic nitrogens is 8. The van der Waals surface area contributed by atoms with Gasteiger partial charge >= 0.3 is 6.01 Å². The van der Waals surface area contributed by atoms with Crippen LogP contribution < -0.4 is 14.4 Å². The molecule has 1 amide bonds. The zero-order chi connectivity index (χ0) is 34.5. The molecule has 50 heavy (non-hydrogen) atoms. The van der Waals surface area contributed by atoms with E-state index in [-0.39, 0.29) is 18.0 Å². The van der Waals surface area contributed by atoms with Crippen LogP contribution >= 0.6 is 0 Å². The summed E-state index contributed by atoms with van der Waals surface area (Å²) in [5, 5.41) is 5.18. The zero-order valence-corrected chi connectivity index (χ0v) is 28.0. The lowest BCUT2D eigenvalue weighted by atomic mass is 10.1. The van der Waals surface area contributed by atoms with Gasteiger partial charge in [-0.25, -0.2) is 29.0 Å². The summed E-state index contributed by atoms with van der Waals surface area (Å²) in [4.78, 5) is 41.4. The van der Waals surface area contributed by atoms with Gasteiger partial charge in [-0.1, -0.05) is 12.1 Å². The van der Waals surface area contributed by atoms with E-state index in [2.05, 4.69) is 24.6 Å². The number of likely N-dealkylation sites (N-methyl/N-ethyl adjacent to an activating group) is 1. The number of methoxy groups -OCH3 is 1. The molecule has 6 aromatic rings. The number of anilines is 1. The van der Waals surface area contributed by atoms with Crippen molar-refractivity contribution in [2.75, 3.05) is 38.8 Å². The van der Waals surface area contributed by atoms with Crippen molar-refractivity contribution < 1.29 is 23.4 Å². The Balaban J connectivity index is 1.22. The molecule has 0 spiro atoms. The maximum absolute atomic E-state index is 14.4. The third kappa shape index (κ3) is 5.43. The molecule has 1 fully saturated rings. The number of carbonyl (C=O) groups excluding carboxylic acids is 1. The van der Waals surface area contributed by atoms with Crippen LogP contribution in [0.15, 0.2) is 61.2 Å². The van der Waals surface area contributed by atoms with Crippen LogP contribution in [0.25, 0.3) is 39.0 Å². The van der Waals surface area contributed by atoms with Crippen molar-refractivity contribution in [2.24, 2.45) is 0 Å². The van der Waals surface area contributed by atoms with Gasteiger partial charge in [0, 0.05) is 44.4 Å². The van der Waals surface area contributed by atoms with Crippen molar-refractivity contribution in [3.63, 3.8) is 0 Å². The van der Waals surface area contributed by atoms with Gasteiger partial charge in [-0.15, -0.1) is 0 Å². The quantitative estimate of drug-likeness (QED) is 0.262. The summed E-state index contributed by atoms with van der Waals surface area (Å²) in [6.45, 7) is 5.55. The van der Waals surface area contributed by atoms with E-state index < -0.39 is 18.0 Å². The maximum Gasteiger partial charge on any atom is 0.317 e. The molecule has 0 N–H and O–H groups in total. The van der Waals surface area contributed by atoms with Gasteiger partial charge in [-0.2, -0.15) is 10.1 Å². The number of fused-ring (bicyclic) bond motifs is 6. The Morgan fingerprint density at radius 2 is 1.94 bits per heavy atom. The average Bonchev–Trinajstić information content (AvgIpc) is 3.83. The first-order valence-electron chi connectivity index (χ1n) is 16.4. The van der Waals surface area contributed by atoms with E-state index in [1.165, 1.54) is 25.6 Å². The Labute approximate surface area is 286 Å². The average molecular weight is 679 g/mol. The lowest BCUT2D eigenvalue weighted by molar-refractivity contribution is -0.133. The van der Waals surface area contributed by atoms with Gasteiger partial charge in [-0.3, -0.25) is 4.79 Å². The molecule has 2 aromatic carbocycles. The van der Waals surface area contributed by atoms with Gasteiger partial charge in [0.05, 0.1) is 54.6 Å². The SMILES string of the molecule is CCO[C@H]1CN(C)C(=O)[C@@H]2C[C@@H](CN2c2ncnc3c2cnn3-c2ccc(F)cc2OC)Oc2nccc(n2)-c2cccc3nc(C)n(c23)C1. The predicted molar refractivity (Wildman–Crippen MR) is 182 cm³/mol. The normalized spacial score (nSPS) is 19.5. The summed E-state index contributed by atoms with van der Waals surface area (Å²) >= 11 is 0. The van der Waals surface area contributed by atoms with Crippen LogP contribution in [-0.2, 0) is 16.1 Å². The molecular formula is C35H35FN10O4. The van der Waals surface area contributed by atoms with Crippen molar-refractivity contribution in [1.82, 2.24) is 44.2 Å². The van der Waals surface area contributed by atoms with E-state index in [0.29, 0.717) is 66.6 Å². The fourth-order valence-corrected chi connectivity index (χ4v) is 7.10. The second-order valence-electron chi connectivity index (χ2n) is 12.4. The molecule has 2 aliphatic rings. The highest BCUT2D eigenvalue weighted by atomic mass is 19.1. The molecule has 14 nitrogen and oxygen atoms in total. The molecule has 0 radical (unpaired) electrons. The van der Waals surface area contributed by atoms with Crippen LogP contribution in [-0.4, -0.2) is 102 Å². The van der Waals surface area contributed by atoms with Gasteiger partial charge < -0.3 is 28.6 Å². The molecule has 0 unspecified atom stereocenters. The van der Waals surface area contributed by atoms with Gasteiger partial charge in [0.25, 0.3) is 0 Å². The van der Waals surface area contributed by atoms with Crippen molar-refractivity contribution >= 4 is 33.8 Å². The Morgan fingerprint density at radius 1 is 1.06 bits per heavy atom. The van der Waals surface area contributed by atoms with Gasteiger partial charge in [-0.05, 0) is 38.1 Å². The number of carbonyl (C=O) groups is 1. The third-order valence-corrected chi connectivity index (χ3v) is 9.32. The van der Waals surface area contributed by atoms with Crippen LogP contribution in [0, 0.1) is 12.7 Å². The summed E-state index contributed by atoms with van der Waals surface area (Å²) in [7, 11) is 3.26. The Morgan fingerprint density at radius 3 is 2.78 bits per heavy atom. The number of hydrogen-bond acceptors (Lipinski definition) is 11. The topological polar surface area (TPSA) is 138 Å². The highest BCUT2D eigenvalue weighted by Crippen LogP contribution is 2.35. The van der Waals surface area contributed by atoms with Crippen LogP contribution in [0.1, 0.15) is 19.2 Å². The fraction of sp³-hybridized carbons (Fsp3) is 0.343. The molecule has 1 saturated heterocycles. The summed E-state index contributed by atoms with van der Waals surface area (Å²) in [5.41, 5.74) is 4.36.